The molecule has 0 fully saturated rings. The lowest BCUT2D eigenvalue weighted by atomic mass is 10.2. The van der Waals surface area contributed by atoms with E-state index in [2.05, 4.69) is 20.1 Å². The van der Waals surface area contributed by atoms with Crippen molar-refractivity contribution in [2.75, 3.05) is 25.2 Å². The largest absolute Gasteiger partial charge is 0.490 e. The molecule has 0 N–H and O–H groups in total. The first kappa shape index (κ1) is 17.0. The van der Waals surface area contributed by atoms with Gasteiger partial charge in [-0.15, -0.1) is 0 Å². The van der Waals surface area contributed by atoms with E-state index in [4.69, 9.17) is 14.0 Å². The third-order valence-corrected chi connectivity index (χ3v) is 4.13. The highest BCUT2D eigenvalue weighted by molar-refractivity contribution is 5.95. The van der Waals surface area contributed by atoms with Crippen LogP contribution in [0.3, 0.4) is 0 Å². The molecule has 1 aliphatic heterocycles. The van der Waals surface area contributed by atoms with Crippen LogP contribution in [0, 0.1) is 0 Å². The summed E-state index contributed by atoms with van der Waals surface area (Å²) < 4.78 is 15.9. The summed E-state index contributed by atoms with van der Waals surface area (Å²) in [7, 11) is 1.52. The van der Waals surface area contributed by atoms with Crippen LogP contribution < -0.4 is 14.4 Å². The lowest BCUT2D eigenvalue weighted by molar-refractivity contribution is -0.118. The summed E-state index contributed by atoms with van der Waals surface area (Å²) in [6.07, 6.45) is 1.96. The van der Waals surface area contributed by atoms with Gasteiger partial charge < -0.3 is 18.9 Å². The summed E-state index contributed by atoms with van der Waals surface area (Å²) in [5.41, 5.74) is 1.28. The van der Waals surface area contributed by atoms with Crippen LogP contribution in [0.5, 0.6) is 11.6 Å². The summed E-state index contributed by atoms with van der Waals surface area (Å²) in [6.45, 7) is 0.995. The molecule has 138 valence electrons. The summed E-state index contributed by atoms with van der Waals surface area (Å²) >= 11 is 0. The number of para-hydroxylation sites is 2. The van der Waals surface area contributed by atoms with Gasteiger partial charge in [0.25, 0.3) is 0 Å². The van der Waals surface area contributed by atoms with Gasteiger partial charge in [-0.25, -0.2) is 9.97 Å². The first-order chi connectivity index (χ1) is 13.2. The van der Waals surface area contributed by atoms with Gasteiger partial charge in [-0.05, 0) is 12.1 Å². The molecule has 4 rings (SSSR count). The second-order valence-corrected chi connectivity index (χ2v) is 5.82. The number of rotatable bonds is 5. The number of carbonyl (C=O) groups excluding carboxylic acids is 1. The molecule has 0 aliphatic carbocycles. The number of benzene rings is 1. The normalized spacial score (nSPS) is 13.0. The molecule has 0 atom stereocenters. The number of hydrogen-bond acceptors (Lipinski definition) is 8. The van der Waals surface area contributed by atoms with E-state index in [0.717, 1.165) is 11.4 Å². The van der Waals surface area contributed by atoms with Crippen molar-refractivity contribution in [2.24, 2.45) is 0 Å². The molecule has 0 saturated carbocycles. The smallest absolute Gasteiger partial charge is 0.227 e. The predicted octanol–water partition coefficient (Wildman–Crippen LogP) is 1.89. The molecule has 3 aromatic rings. The molecular formula is C18H17N5O4. The molecule has 0 spiro atoms. The molecule has 1 aromatic carbocycles. The fraction of sp³-hybridized carbons (Fsp3) is 0.278. The molecule has 2 aromatic heterocycles. The molecule has 0 bridgehead atoms. The molecule has 1 aliphatic rings. The van der Waals surface area contributed by atoms with Crippen molar-refractivity contribution in [3.63, 3.8) is 0 Å². The summed E-state index contributed by atoms with van der Waals surface area (Å²) in [4.78, 5) is 26.7. The first-order valence-electron chi connectivity index (χ1n) is 8.46. The van der Waals surface area contributed by atoms with E-state index in [1.807, 2.05) is 24.3 Å². The topological polar surface area (TPSA) is 103 Å². The number of ether oxygens (including phenoxy) is 2. The fourth-order valence-electron chi connectivity index (χ4n) is 2.81. The lowest BCUT2D eigenvalue weighted by Crippen LogP contribution is -2.38. The maximum atomic E-state index is 12.6. The van der Waals surface area contributed by atoms with Crippen molar-refractivity contribution in [2.45, 2.75) is 12.8 Å². The van der Waals surface area contributed by atoms with E-state index >= 15 is 0 Å². The number of anilines is 1. The Hall–Kier alpha value is -3.49. The van der Waals surface area contributed by atoms with Gasteiger partial charge in [-0.1, -0.05) is 17.3 Å². The number of carbonyl (C=O) groups is 1. The maximum absolute atomic E-state index is 12.6. The van der Waals surface area contributed by atoms with Crippen LogP contribution >= 0.6 is 0 Å². The Balaban J connectivity index is 1.42. The highest BCUT2D eigenvalue weighted by atomic mass is 16.5. The van der Waals surface area contributed by atoms with Crippen LogP contribution in [0.15, 0.2) is 41.2 Å². The summed E-state index contributed by atoms with van der Waals surface area (Å²) in [6, 6.07) is 9.11. The molecule has 1 amide bonds. The standard InChI is InChI=1S/C18H17N5O4/c1-25-16-10-12(19-11-20-16)18-21-15(27-22-18)6-7-17(24)23-8-9-26-14-5-3-2-4-13(14)23/h2-5,10-11H,6-9H2,1H3. The molecule has 9 nitrogen and oxygen atoms in total. The van der Waals surface area contributed by atoms with Crippen LogP contribution in [0.2, 0.25) is 0 Å². The van der Waals surface area contributed by atoms with E-state index < -0.39 is 0 Å². The number of amides is 1. The van der Waals surface area contributed by atoms with E-state index in [1.165, 1.54) is 13.4 Å². The molecule has 27 heavy (non-hydrogen) atoms. The zero-order chi connectivity index (χ0) is 18.6. The quantitative estimate of drug-likeness (QED) is 0.673. The Morgan fingerprint density at radius 3 is 3.07 bits per heavy atom. The molecule has 0 saturated heterocycles. The van der Waals surface area contributed by atoms with Crippen molar-refractivity contribution >= 4 is 11.6 Å². The minimum absolute atomic E-state index is 0.0193. The van der Waals surface area contributed by atoms with Gasteiger partial charge in [0, 0.05) is 18.9 Å². The van der Waals surface area contributed by atoms with E-state index in [1.54, 1.807) is 11.0 Å². The molecule has 0 radical (unpaired) electrons. The first-order valence-corrected chi connectivity index (χ1v) is 8.46. The Labute approximate surface area is 155 Å². The van der Waals surface area contributed by atoms with Crippen molar-refractivity contribution in [1.82, 2.24) is 20.1 Å². The van der Waals surface area contributed by atoms with Crippen LogP contribution in [-0.2, 0) is 11.2 Å². The summed E-state index contributed by atoms with van der Waals surface area (Å²) in [5.74, 6) is 1.81. The lowest BCUT2D eigenvalue weighted by Gasteiger charge is -2.29. The zero-order valence-electron chi connectivity index (χ0n) is 14.7. The average Bonchev–Trinajstić information content (AvgIpc) is 3.21. The van der Waals surface area contributed by atoms with Gasteiger partial charge in [0.2, 0.25) is 23.5 Å². The SMILES string of the molecule is COc1cc(-c2noc(CCC(=O)N3CCOc4ccccc43)n2)ncn1. The number of hydrogen-bond donors (Lipinski definition) is 0. The number of methoxy groups -OCH3 is 1. The predicted molar refractivity (Wildman–Crippen MR) is 94.5 cm³/mol. The minimum atomic E-state index is -0.0193. The second kappa shape index (κ2) is 7.40. The van der Waals surface area contributed by atoms with E-state index in [0.29, 0.717) is 42.9 Å². The molecule has 3 heterocycles. The highest BCUT2D eigenvalue weighted by Crippen LogP contribution is 2.31. The van der Waals surface area contributed by atoms with Crippen LogP contribution in [-0.4, -0.2) is 46.3 Å². The van der Waals surface area contributed by atoms with Crippen molar-refractivity contribution in [3.8, 4) is 23.1 Å². The van der Waals surface area contributed by atoms with E-state index in [-0.39, 0.29) is 12.3 Å². The number of nitrogens with zero attached hydrogens (tertiary/aromatic N) is 5. The van der Waals surface area contributed by atoms with Crippen molar-refractivity contribution in [3.05, 3.63) is 42.5 Å². The highest BCUT2D eigenvalue weighted by Gasteiger charge is 2.23. The molecule has 9 heteroatoms. The van der Waals surface area contributed by atoms with Crippen LogP contribution in [0.4, 0.5) is 5.69 Å². The minimum Gasteiger partial charge on any atom is -0.490 e. The Morgan fingerprint density at radius 2 is 2.19 bits per heavy atom. The zero-order valence-corrected chi connectivity index (χ0v) is 14.7. The monoisotopic (exact) mass is 367 g/mol. The third-order valence-electron chi connectivity index (χ3n) is 4.13. The van der Waals surface area contributed by atoms with Gasteiger partial charge in [0.05, 0.1) is 19.3 Å². The van der Waals surface area contributed by atoms with Crippen LogP contribution in [0.25, 0.3) is 11.5 Å². The molecular weight excluding hydrogens is 350 g/mol. The average molecular weight is 367 g/mol. The van der Waals surface area contributed by atoms with E-state index in [9.17, 15) is 4.79 Å². The number of fused-ring (bicyclic) bond motifs is 1. The van der Waals surface area contributed by atoms with Gasteiger partial charge in [-0.3, -0.25) is 4.79 Å². The molecule has 0 unspecified atom stereocenters. The third kappa shape index (κ3) is 3.57. The van der Waals surface area contributed by atoms with Gasteiger partial charge in [0.15, 0.2) is 0 Å². The van der Waals surface area contributed by atoms with Crippen LogP contribution in [0.1, 0.15) is 12.3 Å². The number of aromatic nitrogens is 4. The van der Waals surface area contributed by atoms with Gasteiger partial charge >= 0.3 is 0 Å². The second-order valence-electron chi connectivity index (χ2n) is 5.82. The number of aryl methyl sites for hydroxylation is 1. The fourth-order valence-corrected chi connectivity index (χ4v) is 2.81. The van der Waals surface area contributed by atoms with Crippen molar-refractivity contribution < 1.29 is 18.8 Å². The Kier molecular flexibility index (Phi) is 4.65. The Morgan fingerprint density at radius 1 is 1.30 bits per heavy atom. The van der Waals surface area contributed by atoms with Gasteiger partial charge in [-0.2, -0.15) is 4.98 Å². The van der Waals surface area contributed by atoms with Gasteiger partial charge in [0.1, 0.15) is 24.4 Å². The Bertz CT molecular complexity index is 958. The van der Waals surface area contributed by atoms with Crippen molar-refractivity contribution in [1.29, 1.82) is 0 Å². The maximum Gasteiger partial charge on any atom is 0.227 e. The summed E-state index contributed by atoms with van der Waals surface area (Å²) in [5, 5.41) is 3.91.